The highest BCUT2D eigenvalue weighted by atomic mass is 15.4. The smallest absolute Gasteiger partial charge is 0.116 e. The summed E-state index contributed by atoms with van der Waals surface area (Å²) in [6.45, 7) is 8.72. The highest BCUT2D eigenvalue weighted by molar-refractivity contribution is 6.00. The minimum atomic E-state index is 0.367. The van der Waals surface area contributed by atoms with Crippen molar-refractivity contribution in [1.82, 2.24) is 25.0 Å². The van der Waals surface area contributed by atoms with Gasteiger partial charge in [-0.25, -0.2) is 15.2 Å². The molecule has 0 bridgehead atoms. The number of fused-ring (bicyclic) bond motifs is 2. The third-order valence-corrected chi connectivity index (χ3v) is 3.64. The number of nitrogens with zero attached hydrogens (tertiary/aromatic N) is 4. The molecule has 3 aromatic rings. The third kappa shape index (κ3) is 1.57. The lowest BCUT2D eigenvalue weighted by atomic mass is 9.92. The minimum absolute atomic E-state index is 0.367. The zero-order valence-corrected chi connectivity index (χ0v) is 12.0. The molecule has 0 saturated carbocycles. The van der Waals surface area contributed by atoms with Gasteiger partial charge in [0.1, 0.15) is 11.8 Å². The molecule has 1 N–H and O–H groups in total. The SMILES string of the molecule is CC(C)c1c2ncnc2c(C(C)C)c2c1n[nH]n2C. The molecule has 0 spiro atoms. The van der Waals surface area contributed by atoms with Gasteiger partial charge in [0.15, 0.2) is 0 Å². The van der Waals surface area contributed by atoms with Crippen LogP contribution in [0.15, 0.2) is 6.33 Å². The summed E-state index contributed by atoms with van der Waals surface area (Å²) in [6, 6.07) is 0. The van der Waals surface area contributed by atoms with Crippen LogP contribution in [0.4, 0.5) is 0 Å². The van der Waals surface area contributed by atoms with Gasteiger partial charge in [0.05, 0.1) is 16.6 Å². The Kier molecular flexibility index (Phi) is 2.59. The molecule has 0 saturated heterocycles. The molecule has 0 unspecified atom stereocenters. The fourth-order valence-electron chi connectivity index (χ4n) is 2.86. The molecule has 0 fully saturated rings. The van der Waals surface area contributed by atoms with E-state index in [4.69, 9.17) is 0 Å². The van der Waals surface area contributed by atoms with Gasteiger partial charge >= 0.3 is 0 Å². The molecule has 3 rings (SSSR count). The first-order chi connectivity index (χ1) is 9.02. The van der Waals surface area contributed by atoms with Crippen molar-refractivity contribution in [3.63, 3.8) is 0 Å². The summed E-state index contributed by atoms with van der Waals surface area (Å²) in [7, 11) is 1.99. The van der Waals surface area contributed by atoms with Gasteiger partial charge < -0.3 is 0 Å². The molecule has 5 heteroatoms. The lowest BCUT2D eigenvalue weighted by Gasteiger charge is -2.14. The molecule has 1 aromatic carbocycles. The molecule has 0 atom stereocenters. The van der Waals surface area contributed by atoms with Crippen LogP contribution in [0.5, 0.6) is 0 Å². The summed E-state index contributed by atoms with van der Waals surface area (Å²) < 4.78 is 1.98. The van der Waals surface area contributed by atoms with Crippen LogP contribution in [0.3, 0.4) is 0 Å². The molecule has 2 heterocycles. The topological polar surface area (TPSA) is 59.4 Å². The maximum Gasteiger partial charge on any atom is 0.116 e. The summed E-state index contributed by atoms with van der Waals surface area (Å²) in [6.07, 6.45) is 1.66. The van der Waals surface area contributed by atoms with E-state index in [9.17, 15) is 0 Å². The van der Waals surface area contributed by atoms with Gasteiger partial charge in [-0.15, -0.1) is 0 Å². The standard InChI is InChI=1S/C14H19N5/c1-7(2)9-11-12(16-6-15-11)10(8(3)4)14-13(9)17-18-19(14)5/h6-8,18H,1-5H3. The summed E-state index contributed by atoms with van der Waals surface area (Å²) in [5, 5.41) is 7.53. The van der Waals surface area contributed by atoms with Crippen LogP contribution >= 0.6 is 0 Å². The zero-order chi connectivity index (χ0) is 13.7. The Morgan fingerprint density at radius 2 is 1.53 bits per heavy atom. The van der Waals surface area contributed by atoms with E-state index in [1.807, 2.05) is 11.7 Å². The second kappa shape index (κ2) is 4.05. The average molecular weight is 257 g/mol. The Bertz CT molecular complexity index is 748. The Morgan fingerprint density at radius 3 is 2.11 bits per heavy atom. The van der Waals surface area contributed by atoms with E-state index in [0.29, 0.717) is 11.8 Å². The van der Waals surface area contributed by atoms with E-state index in [1.165, 1.54) is 11.1 Å². The quantitative estimate of drug-likeness (QED) is 0.767. The van der Waals surface area contributed by atoms with Crippen LogP contribution in [0.2, 0.25) is 0 Å². The first-order valence-electron chi connectivity index (χ1n) is 6.69. The predicted molar refractivity (Wildman–Crippen MR) is 76.3 cm³/mol. The molecule has 19 heavy (non-hydrogen) atoms. The summed E-state index contributed by atoms with van der Waals surface area (Å²) in [5.74, 6) is 0.748. The number of nitrogens with one attached hydrogen (secondary N) is 1. The summed E-state index contributed by atoms with van der Waals surface area (Å²) in [4.78, 5) is 8.96. The maximum absolute atomic E-state index is 4.49. The van der Waals surface area contributed by atoms with Gasteiger partial charge in [-0.05, 0) is 11.8 Å². The van der Waals surface area contributed by atoms with Gasteiger partial charge in [0, 0.05) is 18.2 Å². The molecular formula is C14H19N5. The zero-order valence-electron chi connectivity index (χ0n) is 12.0. The molecule has 0 radical (unpaired) electrons. The number of aromatic amines is 1. The van der Waals surface area contributed by atoms with Crippen LogP contribution in [0.1, 0.15) is 50.7 Å². The minimum Gasteiger partial charge on any atom is -0.273 e. The Balaban J connectivity index is 2.61. The van der Waals surface area contributed by atoms with Gasteiger partial charge in [-0.1, -0.05) is 27.7 Å². The predicted octanol–water partition coefficient (Wildman–Crippen LogP) is 3.09. The molecule has 2 aromatic heterocycles. The van der Waals surface area contributed by atoms with Crippen LogP contribution in [-0.4, -0.2) is 25.0 Å². The monoisotopic (exact) mass is 257 g/mol. The van der Waals surface area contributed by atoms with E-state index in [-0.39, 0.29) is 0 Å². The first-order valence-corrected chi connectivity index (χ1v) is 6.69. The largest absolute Gasteiger partial charge is 0.273 e. The van der Waals surface area contributed by atoms with Crippen molar-refractivity contribution in [2.24, 2.45) is 7.05 Å². The Morgan fingerprint density at radius 1 is 0.947 bits per heavy atom. The van der Waals surface area contributed by atoms with E-state index < -0.39 is 0 Å². The fraction of sp³-hybridized carbons (Fsp3) is 0.500. The summed E-state index contributed by atoms with van der Waals surface area (Å²) >= 11 is 0. The molecule has 0 amide bonds. The number of rotatable bonds is 2. The van der Waals surface area contributed by atoms with Crippen molar-refractivity contribution in [1.29, 1.82) is 0 Å². The van der Waals surface area contributed by atoms with Crippen molar-refractivity contribution >= 4 is 22.1 Å². The van der Waals surface area contributed by atoms with Crippen molar-refractivity contribution in [2.75, 3.05) is 0 Å². The van der Waals surface area contributed by atoms with Crippen molar-refractivity contribution in [3.05, 3.63) is 17.5 Å². The highest BCUT2D eigenvalue weighted by Gasteiger charge is 2.23. The summed E-state index contributed by atoms with van der Waals surface area (Å²) in [5.41, 5.74) is 6.59. The van der Waals surface area contributed by atoms with Crippen molar-refractivity contribution < 1.29 is 0 Å². The first kappa shape index (κ1) is 12.1. The van der Waals surface area contributed by atoms with Crippen LogP contribution in [0, 0.1) is 0 Å². The van der Waals surface area contributed by atoms with Gasteiger partial charge in [-0.3, -0.25) is 4.68 Å². The molecule has 0 aliphatic carbocycles. The number of hydrogen-bond donors (Lipinski definition) is 1. The van der Waals surface area contributed by atoms with E-state index in [2.05, 4.69) is 48.0 Å². The lowest BCUT2D eigenvalue weighted by molar-refractivity contribution is 0.729. The van der Waals surface area contributed by atoms with Crippen molar-refractivity contribution in [2.45, 2.75) is 39.5 Å². The fourth-order valence-corrected chi connectivity index (χ4v) is 2.86. The Labute approximate surface area is 112 Å². The van der Waals surface area contributed by atoms with Gasteiger partial charge in [0.2, 0.25) is 0 Å². The number of imidazole rings is 1. The number of H-pyrrole nitrogens is 1. The third-order valence-electron chi connectivity index (χ3n) is 3.64. The van der Waals surface area contributed by atoms with E-state index >= 15 is 0 Å². The van der Waals surface area contributed by atoms with Crippen LogP contribution in [-0.2, 0) is 7.05 Å². The van der Waals surface area contributed by atoms with E-state index in [1.54, 1.807) is 6.33 Å². The molecule has 0 aliphatic heterocycles. The lowest BCUT2D eigenvalue weighted by Crippen LogP contribution is -2.01. The maximum atomic E-state index is 4.49. The number of hydrogen-bond acceptors (Lipinski definition) is 3. The molecule has 0 aliphatic rings. The molecule has 5 nitrogen and oxygen atoms in total. The van der Waals surface area contributed by atoms with Gasteiger partial charge in [0.25, 0.3) is 0 Å². The molecular weight excluding hydrogens is 238 g/mol. The number of aryl methyl sites for hydroxylation is 1. The normalized spacial score (nSPS) is 12.4. The molecule has 100 valence electrons. The highest BCUT2D eigenvalue weighted by Crippen LogP contribution is 2.36. The second-order valence-corrected chi connectivity index (χ2v) is 5.68. The van der Waals surface area contributed by atoms with Crippen LogP contribution < -0.4 is 0 Å². The Hall–Kier alpha value is -1.91. The number of aromatic nitrogens is 5. The van der Waals surface area contributed by atoms with Crippen LogP contribution in [0.25, 0.3) is 22.1 Å². The van der Waals surface area contributed by atoms with E-state index in [0.717, 1.165) is 22.1 Å². The second-order valence-electron chi connectivity index (χ2n) is 5.68. The van der Waals surface area contributed by atoms with Crippen molar-refractivity contribution in [3.8, 4) is 0 Å². The average Bonchev–Trinajstić information content (AvgIpc) is 2.93. The number of benzene rings is 1. The van der Waals surface area contributed by atoms with Gasteiger partial charge in [-0.2, -0.15) is 5.10 Å².